The average molecular weight is 585 g/mol. The number of nitrogens with one attached hydrogen (secondary N) is 1. The molecule has 228 valence electrons. The van der Waals surface area contributed by atoms with E-state index >= 15 is 0 Å². The third-order valence-electron chi connectivity index (χ3n) is 8.03. The summed E-state index contributed by atoms with van der Waals surface area (Å²) < 4.78 is 18.6. The molecule has 13 heteroatoms. The Morgan fingerprint density at radius 1 is 1.24 bits per heavy atom. The maximum absolute atomic E-state index is 12.9. The predicted octanol–water partition coefficient (Wildman–Crippen LogP) is 2.21. The molecule has 0 aromatic carbocycles. The number of carbonyl (C=O) groups excluding carboxylic acids is 3. The van der Waals surface area contributed by atoms with Crippen molar-refractivity contribution in [2.45, 2.75) is 96.2 Å². The molecule has 3 heterocycles. The molecular weight excluding hydrogens is 544 g/mol. The second-order valence-corrected chi connectivity index (χ2v) is 11.8. The van der Waals surface area contributed by atoms with Gasteiger partial charge in [0.2, 0.25) is 11.5 Å². The van der Waals surface area contributed by atoms with Gasteiger partial charge in [0.25, 0.3) is 0 Å². The Kier molecular flexibility index (Phi) is 9.81. The number of aromatic nitrogens is 3. The number of ether oxygens (including phenoxy) is 3. The zero-order chi connectivity index (χ0) is 30.6. The molecule has 4 rings (SSSR count). The van der Waals surface area contributed by atoms with Gasteiger partial charge in [0.15, 0.2) is 11.9 Å². The van der Waals surface area contributed by atoms with Crippen molar-refractivity contribution in [3.8, 4) is 6.07 Å². The summed E-state index contributed by atoms with van der Waals surface area (Å²) in [5.41, 5.74) is 4.39. The van der Waals surface area contributed by atoms with Gasteiger partial charge in [-0.3, -0.25) is 14.4 Å². The number of amides is 1. The number of fused-ring (bicyclic) bond motifs is 1. The first kappa shape index (κ1) is 31.3. The van der Waals surface area contributed by atoms with Gasteiger partial charge in [-0.2, -0.15) is 10.4 Å². The lowest BCUT2D eigenvalue weighted by Crippen LogP contribution is -2.46. The lowest BCUT2D eigenvalue weighted by atomic mass is 9.87. The van der Waals surface area contributed by atoms with E-state index in [2.05, 4.69) is 15.4 Å². The summed E-state index contributed by atoms with van der Waals surface area (Å²) in [4.78, 5) is 42.0. The van der Waals surface area contributed by atoms with Crippen molar-refractivity contribution in [1.82, 2.24) is 14.6 Å². The standard InChI is InChI=1S/C29H40N6O7/c1-16(2)23(31)28(39)41-24-20(13-40-22(36)12-18-8-6-5-7-9-18)42-29(14-30,25(24)37)21-11-10-19-26(32-15-33-35(19)21)34-27(38)17(3)4/h10-11,15-18,20,23-25,37H,5-9,12-13,31H2,1-4H3,(H,32,33,34,38)/t20-,23+,24-,25-,29+/m1/s1. The van der Waals surface area contributed by atoms with E-state index in [1.165, 1.54) is 16.9 Å². The molecule has 5 atom stereocenters. The molecule has 2 fully saturated rings. The lowest BCUT2D eigenvalue weighted by Gasteiger charge is -2.25. The van der Waals surface area contributed by atoms with Gasteiger partial charge in [-0.15, -0.1) is 0 Å². The number of nitriles is 1. The molecule has 42 heavy (non-hydrogen) atoms. The van der Waals surface area contributed by atoms with Crippen LogP contribution in [0.15, 0.2) is 18.5 Å². The fourth-order valence-electron chi connectivity index (χ4n) is 5.36. The van der Waals surface area contributed by atoms with Gasteiger partial charge >= 0.3 is 11.9 Å². The Balaban J connectivity index is 1.63. The number of nitrogens with zero attached hydrogens (tertiary/aromatic N) is 4. The average Bonchev–Trinajstić information content (AvgIpc) is 3.52. The van der Waals surface area contributed by atoms with E-state index < -0.39 is 41.9 Å². The highest BCUT2D eigenvalue weighted by Gasteiger charge is 2.60. The minimum absolute atomic E-state index is 0.111. The Morgan fingerprint density at radius 3 is 2.60 bits per heavy atom. The van der Waals surface area contributed by atoms with Crippen LogP contribution < -0.4 is 11.1 Å². The molecule has 0 spiro atoms. The van der Waals surface area contributed by atoms with Crippen LogP contribution in [-0.2, 0) is 34.2 Å². The highest BCUT2D eigenvalue weighted by Crippen LogP contribution is 2.42. The van der Waals surface area contributed by atoms with E-state index in [1.807, 2.05) is 6.07 Å². The second kappa shape index (κ2) is 13.1. The van der Waals surface area contributed by atoms with Crippen LogP contribution in [0.2, 0.25) is 0 Å². The van der Waals surface area contributed by atoms with E-state index in [0.29, 0.717) is 5.52 Å². The minimum atomic E-state index is -2.08. The number of hydrogen-bond donors (Lipinski definition) is 3. The lowest BCUT2D eigenvalue weighted by molar-refractivity contribution is -0.162. The predicted molar refractivity (Wildman–Crippen MR) is 149 cm³/mol. The van der Waals surface area contributed by atoms with E-state index in [4.69, 9.17) is 19.9 Å². The largest absolute Gasteiger partial charge is 0.463 e. The number of aliphatic hydroxyl groups excluding tert-OH is 1. The SMILES string of the molecule is CC(C)C(=O)Nc1ncnn2c([C@]3(C#N)O[C@H](COC(=O)CC4CCCCC4)[C@@H](OC(=O)[C@@H](N)C(C)C)[C@H]3O)ccc12. The van der Waals surface area contributed by atoms with Crippen molar-refractivity contribution >= 4 is 29.2 Å². The highest BCUT2D eigenvalue weighted by molar-refractivity contribution is 5.94. The van der Waals surface area contributed by atoms with Crippen LogP contribution >= 0.6 is 0 Å². The zero-order valence-corrected chi connectivity index (χ0v) is 24.5. The fraction of sp³-hybridized carbons (Fsp3) is 0.655. The summed E-state index contributed by atoms with van der Waals surface area (Å²) in [5.74, 6) is -1.60. The van der Waals surface area contributed by atoms with Gasteiger partial charge in [-0.1, -0.05) is 47.0 Å². The van der Waals surface area contributed by atoms with Crippen LogP contribution in [0.1, 0.15) is 71.9 Å². The molecule has 1 saturated carbocycles. The number of anilines is 1. The summed E-state index contributed by atoms with van der Waals surface area (Å²) in [7, 11) is 0. The Labute approximate surface area is 244 Å². The van der Waals surface area contributed by atoms with E-state index in [-0.39, 0.29) is 48.2 Å². The highest BCUT2D eigenvalue weighted by atomic mass is 16.6. The van der Waals surface area contributed by atoms with Crippen molar-refractivity contribution in [3.05, 3.63) is 24.2 Å². The maximum Gasteiger partial charge on any atom is 0.323 e. The molecule has 2 aromatic heterocycles. The minimum Gasteiger partial charge on any atom is -0.463 e. The number of aliphatic hydroxyl groups is 1. The van der Waals surface area contributed by atoms with Crippen molar-refractivity contribution < 1.29 is 33.7 Å². The van der Waals surface area contributed by atoms with Crippen LogP contribution in [0.25, 0.3) is 5.52 Å². The molecule has 4 N–H and O–H groups in total. The fourth-order valence-corrected chi connectivity index (χ4v) is 5.36. The van der Waals surface area contributed by atoms with E-state index in [0.717, 1.165) is 32.1 Å². The topological polar surface area (TPSA) is 191 Å². The molecule has 0 bridgehead atoms. The van der Waals surface area contributed by atoms with E-state index in [9.17, 15) is 24.8 Å². The molecule has 2 aliphatic rings. The van der Waals surface area contributed by atoms with Crippen molar-refractivity contribution in [2.24, 2.45) is 23.5 Å². The number of carbonyl (C=O) groups is 3. The van der Waals surface area contributed by atoms with Gasteiger partial charge in [0.1, 0.15) is 42.8 Å². The maximum atomic E-state index is 12.9. The summed E-state index contributed by atoms with van der Waals surface area (Å²) in [5, 5.41) is 28.9. The van der Waals surface area contributed by atoms with Crippen LogP contribution in [0.3, 0.4) is 0 Å². The van der Waals surface area contributed by atoms with Crippen molar-refractivity contribution in [3.63, 3.8) is 0 Å². The first-order valence-corrected chi connectivity index (χ1v) is 14.5. The molecule has 0 radical (unpaired) electrons. The molecule has 2 aromatic rings. The Hall–Kier alpha value is -3.60. The van der Waals surface area contributed by atoms with Gasteiger partial charge < -0.3 is 30.4 Å². The molecule has 13 nitrogen and oxygen atoms in total. The first-order valence-electron chi connectivity index (χ1n) is 14.5. The Bertz CT molecular complexity index is 1330. The quantitative estimate of drug-likeness (QED) is 0.347. The number of esters is 2. The first-order chi connectivity index (χ1) is 20.0. The molecule has 1 aliphatic heterocycles. The smallest absolute Gasteiger partial charge is 0.323 e. The van der Waals surface area contributed by atoms with E-state index in [1.54, 1.807) is 33.8 Å². The monoisotopic (exact) mass is 584 g/mol. The zero-order valence-electron chi connectivity index (χ0n) is 24.5. The molecule has 1 saturated heterocycles. The number of hydrogen-bond acceptors (Lipinski definition) is 11. The Morgan fingerprint density at radius 2 is 1.95 bits per heavy atom. The third kappa shape index (κ3) is 6.40. The summed E-state index contributed by atoms with van der Waals surface area (Å²) in [6.45, 7) is 6.62. The second-order valence-electron chi connectivity index (χ2n) is 11.8. The van der Waals surface area contributed by atoms with Crippen LogP contribution in [0.4, 0.5) is 5.82 Å². The normalized spacial score (nSPS) is 25.4. The van der Waals surface area contributed by atoms with Crippen LogP contribution in [0, 0.1) is 29.1 Å². The number of rotatable bonds is 10. The van der Waals surface area contributed by atoms with Gasteiger partial charge in [-0.25, -0.2) is 9.50 Å². The van der Waals surface area contributed by atoms with Gasteiger partial charge in [0.05, 0.1) is 5.69 Å². The molecule has 1 amide bonds. The summed E-state index contributed by atoms with van der Waals surface area (Å²) in [6.07, 6.45) is 2.43. The van der Waals surface area contributed by atoms with Crippen molar-refractivity contribution in [2.75, 3.05) is 11.9 Å². The number of nitrogens with two attached hydrogens (primary N) is 1. The molecule has 0 unspecified atom stereocenters. The van der Waals surface area contributed by atoms with Gasteiger partial charge in [0, 0.05) is 12.3 Å². The third-order valence-corrected chi connectivity index (χ3v) is 8.03. The molecular formula is C29H40N6O7. The van der Waals surface area contributed by atoms with Crippen LogP contribution in [-0.4, -0.2) is 68.5 Å². The van der Waals surface area contributed by atoms with Crippen LogP contribution in [0.5, 0.6) is 0 Å². The summed E-state index contributed by atoms with van der Waals surface area (Å²) in [6, 6.07) is 4.14. The summed E-state index contributed by atoms with van der Waals surface area (Å²) >= 11 is 0. The van der Waals surface area contributed by atoms with Gasteiger partial charge in [-0.05, 0) is 36.8 Å². The molecule has 1 aliphatic carbocycles. The van der Waals surface area contributed by atoms with Crippen molar-refractivity contribution in [1.29, 1.82) is 5.26 Å².